The number of nitrogens with zero attached hydrogens (tertiary/aromatic N) is 1. The lowest BCUT2D eigenvalue weighted by atomic mass is 9.99. The Bertz CT molecular complexity index is 545. The van der Waals surface area contributed by atoms with Crippen molar-refractivity contribution in [1.29, 1.82) is 0 Å². The molecule has 1 heterocycles. The number of benzene rings is 1. The fourth-order valence-corrected chi connectivity index (χ4v) is 2.09. The third-order valence-electron chi connectivity index (χ3n) is 2.57. The fraction of sp³-hybridized carbons (Fsp3) is 0.154. The van der Waals surface area contributed by atoms with E-state index in [4.69, 9.17) is 0 Å². The largest absolute Gasteiger partial charge is 0.384 e. The normalized spacial score (nSPS) is 12.5. The summed E-state index contributed by atoms with van der Waals surface area (Å²) >= 11 is 3.30. The third-order valence-corrected chi connectivity index (χ3v) is 3.00. The van der Waals surface area contributed by atoms with Crippen LogP contribution in [0.5, 0.6) is 0 Å². The van der Waals surface area contributed by atoms with Gasteiger partial charge in [-0.25, -0.2) is 4.39 Å². The smallest absolute Gasteiger partial charge is 0.123 e. The molecule has 0 fully saturated rings. The maximum atomic E-state index is 13.0. The van der Waals surface area contributed by atoms with Crippen molar-refractivity contribution >= 4 is 15.9 Å². The molecule has 17 heavy (non-hydrogen) atoms. The van der Waals surface area contributed by atoms with Gasteiger partial charge in [-0.2, -0.15) is 0 Å². The maximum absolute atomic E-state index is 13.0. The van der Waals surface area contributed by atoms with Gasteiger partial charge in [-0.15, -0.1) is 0 Å². The molecule has 0 aliphatic rings. The molecule has 1 aromatic heterocycles. The summed E-state index contributed by atoms with van der Waals surface area (Å²) in [6.45, 7) is 1.77. The molecular formula is C13H11BrFNO. The number of aryl methyl sites for hydroxylation is 1. The quantitative estimate of drug-likeness (QED) is 0.921. The molecule has 1 unspecified atom stereocenters. The lowest BCUT2D eigenvalue weighted by molar-refractivity contribution is 0.219. The molecule has 1 atom stereocenters. The highest BCUT2D eigenvalue weighted by Crippen LogP contribution is 2.26. The van der Waals surface area contributed by atoms with Crippen LogP contribution in [0.2, 0.25) is 0 Å². The van der Waals surface area contributed by atoms with Crippen LogP contribution in [0.4, 0.5) is 4.39 Å². The van der Waals surface area contributed by atoms with E-state index >= 15 is 0 Å². The average molecular weight is 296 g/mol. The lowest BCUT2D eigenvalue weighted by Gasteiger charge is -2.14. The molecule has 1 aromatic carbocycles. The standard InChI is InChI=1S/C13H11BrFNO/c1-8-4-11(15)2-3-12(8)13(17)9-5-10(14)7-16-6-9/h2-7,13,17H,1H3. The van der Waals surface area contributed by atoms with E-state index in [2.05, 4.69) is 20.9 Å². The van der Waals surface area contributed by atoms with E-state index < -0.39 is 6.10 Å². The lowest BCUT2D eigenvalue weighted by Crippen LogP contribution is -2.03. The Kier molecular flexibility index (Phi) is 3.54. The molecule has 0 saturated heterocycles. The van der Waals surface area contributed by atoms with Crippen molar-refractivity contribution in [3.05, 3.63) is 63.6 Å². The summed E-state index contributed by atoms with van der Waals surface area (Å²) < 4.78 is 13.8. The minimum absolute atomic E-state index is 0.300. The number of aliphatic hydroxyl groups excluding tert-OH is 1. The Hall–Kier alpha value is -1.26. The van der Waals surface area contributed by atoms with Crippen molar-refractivity contribution in [2.24, 2.45) is 0 Å². The Morgan fingerprint density at radius 1 is 1.29 bits per heavy atom. The molecule has 0 saturated carbocycles. The summed E-state index contributed by atoms with van der Waals surface area (Å²) in [7, 11) is 0. The molecule has 1 N–H and O–H groups in total. The molecular weight excluding hydrogens is 285 g/mol. The first-order valence-electron chi connectivity index (χ1n) is 5.12. The molecule has 0 spiro atoms. The minimum Gasteiger partial charge on any atom is -0.384 e. The molecule has 0 bridgehead atoms. The molecule has 2 rings (SSSR count). The number of hydrogen-bond donors (Lipinski definition) is 1. The monoisotopic (exact) mass is 295 g/mol. The summed E-state index contributed by atoms with van der Waals surface area (Å²) in [6, 6.07) is 6.14. The van der Waals surface area contributed by atoms with E-state index in [1.807, 2.05) is 0 Å². The zero-order chi connectivity index (χ0) is 12.4. The molecule has 0 amide bonds. The van der Waals surface area contributed by atoms with Gasteiger partial charge in [-0.3, -0.25) is 4.98 Å². The van der Waals surface area contributed by atoms with Crippen LogP contribution in [0, 0.1) is 12.7 Å². The molecule has 4 heteroatoms. The first kappa shape index (κ1) is 12.2. The zero-order valence-electron chi connectivity index (χ0n) is 9.19. The van der Waals surface area contributed by atoms with Crippen molar-refractivity contribution in [1.82, 2.24) is 4.98 Å². The van der Waals surface area contributed by atoms with Gasteiger partial charge in [0.1, 0.15) is 11.9 Å². The average Bonchev–Trinajstić information content (AvgIpc) is 2.28. The van der Waals surface area contributed by atoms with Gasteiger partial charge in [0.2, 0.25) is 0 Å². The number of pyridine rings is 1. The van der Waals surface area contributed by atoms with Gasteiger partial charge < -0.3 is 5.11 Å². The van der Waals surface area contributed by atoms with Gasteiger partial charge in [0, 0.05) is 22.4 Å². The van der Waals surface area contributed by atoms with E-state index in [1.165, 1.54) is 12.1 Å². The Balaban J connectivity index is 2.40. The first-order chi connectivity index (χ1) is 8.08. The summed E-state index contributed by atoms with van der Waals surface area (Å²) in [5.74, 6) is -0.300. The van der Waals surface area contributed by atoms with Gasteiger partial charge in [-0.1, -0.05) is 6.07 Å². The number of rotatable bonds is 2. The highest BCUT2D eigenvalue weighted by atomic mass is 79.9. The SMILES string of the molecule is Cc1cc(F)ccc1C(O)c1cncc(Br)c1. The van der Waals surface area contributed by atoms with Gasteiger partial charge in [-0.05, 0) is 52.2 Å². The molecule has 0 aliphatic heterocycles. The zero-order valence-corrected chi connectivity index (χ0v) is 10.8. The second-order valence-electron chi connectivity index (χ2n) is 3.84. The van der Waals surface area contributed by atoms with E-state index in [1.54, 1.807) is 31.5 Å². The summed E-state index contributed by atoms with van der Waals surface area (Å²) in [6.07, 6.45) is 2.45. The van der Waals surface area contributed by atoms with Gasteiger partial charge in [0.15, 0.2) is 0 Å². The second kappa shape index (κ2) is 4.94. The highest BCUT2D eigenvalue weighted by molar-refractivity contribution is 9.10. The van der Waals surface area contributed by atoms with Crippen molar-refractivity contribution in [3.8, 4) is 0 Å². The van der Waals surface area contributed by atoms with Crippen LogP contribution in [-0.2, 0) is 0 Å². The molecule has 2 nitrogen and oxygen atoms in total. The first-order valence-corrected chi connectivity index (χ1v) is 5.92. The molecule has 0 aliphatic carbocycles. The van der Waals surface area contributed by atoms with Gasteiger partial charge in [0.05, 0.1) is 0 Å². The van der Waals surface area contributed by atoms with Crippen LogP contribution < -0.4 is 0 Å². The Morgan fingerprint density at radius 3 is 2.71 bits per heavy atom. The molecule has 0 radical (unpaired) electrons. The maximum Gasteiger partial charge on any atom is 0.123 e. The topological polar surface area (TPSA) is 33.1 Å². The number of aromatic nitrogens is 1. The Labute approximate surface area is 107 Å². The van der Waals surface area contributed by atoms with Crippen molar-refractivity contribution in [2.75, 3.05) is 0 Å². The van der Waals surface area contributed by atoms with Crippen LogP contribution >= 0.6 is 15.9 Å². The number of halogens is 2. The fourth-order valence-electron chi connectivity index (χ4n) is 1.70. The number of aliphatic hydroxyl groups is 1. The van der Waals surface area contributed by atoms with Crippen LogP contribution in [0.25, 0.3) is 0 Å². The van der Waals surface area contributed by atoms with Crippen molar-refractivity contribution < 1.29 is 9.50 Å². The van der Waals surface area contributed by atoms with Crippen molar-refractivity contribution in [3.63, 3.8) is 0 Å². The van der Waals surface area contributed by atoms with E-state index in [0.29, 0.717) is 11.1 Å². The van der Waals surface area contributed by atoms with Crippen LogP contribution in [0.1, 0.15) is 22.8 Å². The molecule has 2 aromatic rings. The van der Waals surface area contributed by atoms with Crippen LogP contribution in [0.15, 0.2) is 41.1 Å². The minimum atomic E-state index is -0.791. The summed E-state index contributed by atoms with van der Waals surface area (Å²) in [4.78, 5) is 4.00. The van der Waals surface area contributed by atoms with E-state index in [9.17, 15) is 9.50 Å². The summed E-state index contributed by atoms with van der Waals surface area (Å²) in [5.41, 5.74) is 2.08. The molecule has 88 valence electrons. The third kappa shape index (κ3) is 2.70. The Morgan fingerprint density at radius 2 is 2.06 bits per heavy atom. The van der Waals surface area contributed by atoms with Crippen molar-refractivity contribution in [2.45, 2.75) is 13.0 Å². The van der Waals surface area contributed by atoms with E-state index in [-0.39, 0.29) is 5.82 Å². The second-order valence-corrected chi connectivity index (χ2v) is 4.76. The van der Waals surface area contributed by atoms with Crippen LogP contribution in [-0.4, -0.2) is 10.1 Å². The van der Waals surface area contributed by atoms with E-state index in [0.717, 1.165) is 10.0 Å². The summed E-state index contributed by atoms with van der Waals surface area (Å²) in [5, 5.41) is 10.2. The highest BCUT2D eigenvalue weighted by Gasteiger charge is 2.13. The van der Waals surface area contributed by atoms with Crippen LogP contribution in [0.3, 0.4) is 0 Å². The predicted octanol–water partition coefficient (Wildman–Crippen LogP) is 3.37. The predicted molar refractivity (Wildman–Crippen MR) is 67.1 cm³/mol. The number of hydrogen-bond acceptors (Lipinski definition) is 2. The van der Waals surface area contributed by atoms with Gasteiger partial charge >= 0.3 is 0 Å². The van der Waals surface area contributed by atoms with Gasteiger partial charge in [0.25, 0.3) is 0 Å².